The molecule has 262 valence electrons. The molecule has 0 unspecified atom stereocenters. The summed E-state index contributed by atoms with van der Waals surface area (Å²) in [6.07, 6.45) is -3.27. The molecule has 6 amide bonds. The van der Waals surface area contributed by atoms with E-state index in [4.69, 9.17) is 20.9 Å². The van der Waals surface area contributed by atoms with Gasteiger partial charge in [-0.15, -0.1) is 0 Å². The molecule has 0 bridgehead atoms. The Morgan fingerprint density at radius 3 is 1.85 bits per heavy atom. The lowest BCUT2D eigenvalue weighted by atomic mass is 10.0. The largest absolute Gasteiger partial charge is 0.489 e. The van der Waals surface area contributed by atoms with Gasteiger partial charge in [0, 0.05) is 6.42 Å². The van der Waals surface area contributed by atoms with Crippen molar-refractivity contribution in [3.63, 3.8) is 0 Å². The molecule has 0 aliphatic carbocycles. The van der Waals surface area contributed by atoms with E-state index >= 15 is 0 Å². The number of aliphatic hydroxyl groups is 2. The summed E-state index contributed by atoms with van der Waals surface area (Å²) >= 11 is 0. The maximum Gasteiger partial charge on any atom is 0.408 e. The molecular formula is C32H44N6O10. The van der Waals surface area contributed by atoms with E-state index in [2.05, 4.69) is 21.3 Å². The van der Waals surface area contributed by atoms with Gasteiger partial charge in [0.2, 0.25) is 29.5 Å². The summed E-state index contributed by atoms with van der Waals surface area (Å²) in [5.41, 5.74) is 11.4. The Morgan fingerprint density at radius 1 is 0.771 bits per heavy atom. The van der Waals surface area contributed by atoms with Crippen LogP contribution in [0.1, 0.15) is 45.2 Å². The molecule has 16 heteroatoms. The summed E-state index contributed by atoms with van der Waals surface area (Å²) in [4.78, 5) is 75.1. The van der Waals surface area contributed by atoms with E-state index in [0.29, 0.717) is 17.9 Å². The summed E-state index contributed by atoms with van der Waals surface area (Å²) in [6, 6.07) is 10.1. The molecule has 2 aromatic carbocycles. The second kappa shape index (κ2) is 18.2. The van der Waals surface area contributed by atoms with Gasteiger partial charge in [-0.3, -0.25) is 24.0 Å². The number of benzene rings is 2. The van der Waals surface area contributed by atoms with Crippen molar-refractivity contribution in [2.24, 2.45) is 11.5 Å². The average Bonchev–Trinajstić information content (AvgIpc) is 3.00. The molecule has 0 fully saturated rings. The van der Waals surface area contributed by atoms with Crippen LogP contribution in [0.5, 0.6) is 5.75 Å². The zero-order chi connectivity index (χ0) is 36.0. The van der Waals surface area contributed by atoms with Gasteiger partial charge in [-0.2, -0.15) is 0 Å². The van der Waals surface area contributed by atoms with Crippen LogP contribution in [0.4, 0.5) is 4.79 Å². The number of carbonyl (C=O) groups excluding carboxylic acids is 6. The van der Waals surface area contributed by atoms with Gasteiger partial charge >= 0.3 is 6.09 Å². The summed E-state index contributed by atoms with van der Waals surface area (Å²) in [6.45, 7) is 5.35. The molecule has 0 radical (unpaired) electrons. The van der Waals surface area contributed by atoms with Crippen molar-refractivity contribution in [3.05, 3.63) is 65.7 Å². The van der Waals surface area contributed by atoms with Crippen molar-refractivity contribution in [2.45, 2.75) is 83.0 Å². The Kier molecular flexibility index (Phi) is 14.8. The average molecular weight is 673 g/mol. The fourth-order valence-electron chi connectivity index (χ4n) is 4.17. The third kappa shape index (κ3) is 13.6. The fraction of sp³-hybridized carbons (Fsp3) is 0.438. The van der Waals surface area contributed by atoms with E-state index in [1.165, 1.54) is 6.92 Å². The lowest BCUT2D eigenvalue weighted by Gasteiger charge is -2.27. The summed E-state index contributed by atoms with van der Waals surface area (Å²) < 4.78 is 10.8. The van der Waals surface area contributed by atoms with E-state index in [1.807, 2.05) is 30.3 Å². The molecule has 48 heavy (non-hydrogen) atoms. The normalized spacial score (nSPS) is 14.2. The predicted octanol–water partition coefficient (Wildman–Crippen LogP) is -1.11. The van der Waals surface area contributed by atoms with Crippen molar-refractivity contribution in [1.29, 1.82) is 0 Å². The molecule has 2 rings (SSSR count). The third-order valence-corrected chi connectivity index (χ3v) is 6.56. The van der Waals surface area contributed by atoms with Crippen LogP contribution in [-0.2, 0) is 41.7 Å². The van der Waals surface area contributed by atoms with Crippen LogP contribution in [0.3, 0.4) is 0 Å². The smallest absolute Gasteiger partial charge is 0.408 e. The number of ether oxygens (including phenoxy) is 2. The Labute approximate surface area is 277 Å². The van der Waals surface area contributed by atoms with Crippen molar-refractivity contribution in [3.8, 4) is 5.75 Å². The first kappa shape index (κ1) is 39.0. The third-order valence-electron chi connectivity index (χ3n) is 6.56. The molecule has 2 aromatic rings. The first-order valence-corrected chi connectivity index (χ1v) is 15.0. The standard InChI is InChI=1S/C32H44N6O10/c1-18(40)26(38-31(46)48-32(2,3)4)30(45)36-23(15-25(33)41)28(43)37-24(16-39)29(44)35-22(27(34)42)14-19-10-12-21(13-11-19)47-17-20-8-6-5-7-9-20/h5-13,18,22-24,26,39-40H,14-17H2,1-4H3,(H2,33,41)(H2,34,42)(H,35,44)(H,36,45)(H,37,43)(H,38,46)/t18-,22+,23+,24+,26+/m1/s1. The highest BCUT2D eigenvalue weighted by Crippen LogP contribution is 2.16. The van der Waals surface area contributed by atoms with Crippen LogP contribution in [-0.4, -0.2) is 88.3 Å². The second-order valence-electron chi connectivity index (χ2n) is 11.9. The van der Waals surface area contributed by atoms with Gasteiger partial charge in [0.05, 0.1) is 19.1 Å². The van der Waals surface area contributed by atoms with Gasteiger partial charge in [-0.25, -0.2) is 4.79 Å². The van der Waals surface area contributed by atoms with Crippen LogP contribution in [0.2, 0.25) is 0 Å². The van der Waals surface area contributed by atoms with Crippen LogP contribution < -0.4 is 37.5 Å². The highest BCUT2D eigenvalue weighted by molar-refractivity contribution is 5.97. The number of alkyl carbamates (subject to hydrolysis) is 1. The highest BCUT2D eigenvalue weighted by atomic mass is 16.6. The zero-order valence-corrected chi connectivity index (χ0v) is 27.2. The molecule has 0 aliphatic heterocycles. The molecule has 0 aromatic heterocycles. The number of nitrogens with one attached hydrogen (secondary N) is 4. The lowest BCUT2D eigenvalue weighted by Crippen LogP contribution is -2.60. The minimum Gasteiger partial charge on any atom is -0.489 e. The molecule has 0 heterocycles. The predicted molar refractivity (Wildman–Crippen MR) is 172 cm³/mol. The quantitative estimate of drug-likeness (QED) is 0.100. The molecule has 0 saturated carbocycles. The number of nitrogens with two attached hydrogens (primary N) is 2. The number of primary amides is 2. The Hall–Kier alpha value is -5.22. The van der Waals surface area contributed by atoms with E-state index in [-0.39, 0.29) is 6.42 Å². The van der Waals surface area contributed by atoms with E-state index in [9.17, 15) is 39.0 Å². The summed E-state index contributed by atoms with van der Waals surface area (Å²) in [5, 5.41) is 28.9. The van der Waals surface area contributed by atoms with Gasteiger partial charge < -0.3 is 52.4 Å². The van der Waals surface area contributed by atoms with Crippen LogP contribution in [0.15, 0.2) is 54.6 Å². The number of hydrogen-bond acceptors (Lipinski definition) is 10. The molecule has 5 atom stereocenters. The zero-order valence-electron chi connectivity index (χ0n) is 27.2. The van der Waals surface area contributed by atoms with E-state index < -0.39 is 84.5 Å². The summed E-state index contributed by atoms with van der Waals surface area (Å²) in [7, 11) is 0. The number of rotatable bonds is 17. The van der Waals surface area contributed by atoms with Gasteiger partial charge in [-0.1, -0.05) is 42.5 Å². The molecule has 0 aliphatic rings. The maximum absolute atomic E-state index is 13.1. The van der Waals surface area contributed by atoms with Gasteiger partial charge in [0.1, 0.15) is 42.1 Å². The number of aliphatic hydroxyl groups excluding tert-OH is 2. The molecule has 0 saturated heterocycles. The van der Waals surface area contributed by atoms with E-state index in [1.54, 1.807) is 45.0 Å². The van der Waals surface area contributed by atoms with Crippen LogP contribution in [0.25, 0.3) is 0 Å². The molecular weight excluding hydrogens is 628 g/mol. The van der Waals surface area contributed by atoms with Gasteiger partial charge in [-0.05, 0) is 51.0 Å². The molecule has 0 spiro atoms. The fourth-order valence-corrected chi connectivity index (χ4v) is 4.17. The minimum atomic E-state index is -1.69. The van der Waals surface area contributed by atoms with Crippen molar-refractivity contribution in [2.75, 3.05) is 6.61 Å². The van der Waals surface area contributed by atoms with Crippen LogP contribution >= 0.6 is 0 Å². The first-order valence-electron chi connectivity index (χ1n) is 15.0. The van der Waals surface area contributed by atoms with Gasteiger partial charge in [0.15, 0.2) is 0 Å². The Balaban J connectivity index is 2.06. The minimum absolute atomic E-state index is 0.0299. The van der Waals surface area contributed by atoms with Crippen molar-refractivity contribution < 1.29 is 48.5 Å². The Bertz CT molecular complexity index is 1410. The molecule has 10 N–H and O–H groups in total. The number of carbonyl (C=O) groups is 6. The maximum atomic E-state index is 13.1. The number of hydrogen-bond donors (Lipinski definition) is 8. The monoisotopic (exact) mass is 672 g/mol. The second-order valence-corrected chi connectivity index (χ2v) is 11.9. The van der Waals surface area contributed by atoms with Crippen molar-refractivity contribution in [1.82, 2.24) is 21.3 Å². The first-order chi connectivity index (χ1) is 22.5. The number of amides is 6. The lowest BCUT2D eigenvalue weighted by molar-refractivity contribution is -0.135. The van der Waals surface area contributed by atoms with E-state index in [0.717, 1.165) is 5.56 Å². The van der Waals surface area contributed by atoms with Gasteiger partial charge in [0.25, 0.3) is 0 Å². The topological polar surface area (TPSA) is 262 Å². The summed E-state index contributed by atoms with van der Waals surface area (Å²) in [5.74, 6) is -4.51. The molecule has 16 nitrogen and oxygen atoms in total. The highest BCUT2D eigenvalue weighted by Gasteiger charge is 2.34. The Morgan fingerprint density at radius 2 is 1.33 bits per heavy atom. The van der Waals surface area contributed by atoms with Crippen LogP contribution in [0, 0.1) is 0 Å². The van der Waals surface area contributed by atoms with Crippen molar-refractivity contribution >= 4 is 35.6 Å². The SMILES string of the molecule is C[C@@H](O)[C@H](NC(=O)OC(C)(C)C)C(=O)N[C@@H](CC(N)=O)C(=O)N[C@@H](CO)C(=O)N[C@@H](Cc1ccc(OCc2ccccc2)cc1)C(N)=O.